The number of phenolic OH excluding ortho intramolecular Hbond substituents is 1. The number of esters is 2. The summed E-state index contributed by atoms with van der Waals surface area (Å²) < 4.78 is 28.0. The van der Waals surface area contributed by atoms with Crippen LogP contribution in [0.1, 0.15) is 17.9 Å². The van der Waals surface area contributed by atoms with Crippen molar-refractivity contribution < 1.29 is 63.9 Å². The van der Waals surface area contributed by atoms with E-state index in [1.54, 1.807) is 0 Å². The standard InChI is InChI=1S/C21H24O13/c22-6-12-14(26)15(27)16(28)18(31-12)34-21-17(11(24)7-30-21)32-19(29)20(21)10(5-13(25)33-20)8-1-3-9(23)4-2-8/h1-4,10-12,14-18,22-24,26-28H,5-7H2/t10-,11?,12-,14+,15-,16+,17?,18-,20-,21?/m1/s1. The highest BCUT2D eigenvalue weighted by atomic mass is 16.8. The van der Waals surface area contributed by atoms with Crippen LogP contribution >= 0.6 is 0 Å². The number of benzene rings is 1. The van der Waals surface area contributed by atoms with Gasteiger partial charge in [-0.05, 0) is 17.7 Å². The average Bonchev–Trinajstić information content (AvgIpc) is 3.41. The maximum Gasteiger partial charge on any atom is 0.357 e. The van der Waals surface area contributed by atoms with E-state index in [0.717, 1.165) is 0 Å². The van der Waals surface area contributed by atoms with Gasteiger partial charge in [0.15, 0.2) is 12.4 Å². The summed E-state index contributed by atoms with van der Waals surface area (Å²) in [6.45, 7) is -1.13. The second kappa shape index (κ2) is 8.10. The summed E-state index contributed by atoms with van der Waals surface area (Å²) in [5, 5.41) is 60.4. The molecule has 186 valence electrons. The molecule has 4 fully saturated rings. The Hall–Kier alpha value is -2.36. The zero-order chi connectivity index (χ0) is 24.4. The number of ether oxygens (including phenoxy) is 5. The van der Waals surface area contributed by atoms with E-state index in [9.17, 15) is 40.2 Å². The first kappa shape index (κ1) is 23.4. The van der Waals surface area contributed by atoms with E-state index in [4.69, 9.17) is 23.7 Å². The molecule has 10 atom stereocenters. The molecule has 3 unspecified atom stereocenters. The lowest BCUT2D eigenvalue weighted by Crippen LogP contribution is -2.67. The van der Waals surface area contributed by atoms with Crippen molar-refractivity contribution in [1.82, 2.24) is 0 Å². The number of aliphatic hydroxyl groups is 5. The van der Waals surface area contributed by atoms with Gasteiger partial charge < -0.3 is 54.3 Å². The molecule has 13 nitrogen and oxygen atoms in total. The Balaban J connectivity index is 1.60. The van der Waals surface area contributed by atoms with Crippen molar-refractivity contribution in [2.75, 3.05) is 13.2 Å². The van der Waals surface area contributed by atoms with Gasteiger partial charge in [-0.15, -0.1) is 0 Å². The number of carbonyl (C=O) groups excluding carboxylic acids is 2. The minimum Gasteiger partial charge on any atom is -0.508 e. The van der Waals surface area contributed by atoms with Crippen molar-refractivity contribution in [1.29, 1.82) is 0 Å². The molecule has 4 saturated heterocycles. The van der Waals surface area contributed by atoms with Gasteiger partial charge in [-0.3, -0.25) is 4.79 Å². The quantitative estimate of drug-likeness (QED) is 0.236. The molecule has 1 aromatic rings. The minimum absolute atomic E-state index is 0.0604. The number of fused-ring (bicyclic) bond motifs is 2. The Morgan fingerprint density at radius 2 is 1.74 bits per heavy atom. The molecule has 6 N–H and O–H groups in total. The Labute approximate surface area is 192 Å². The first-order valence-corrected chi connectivity index (χ1v) is 10.7. The Morgan fingerprint density at radius 1 is 1.03 bits per heavy atom. The zero-order valence-corrected chi connectivity index (χ0v) is 17.6. The Kier molecular flexibility index (Phi) is 5.57. The van der Waals surface area contributed by atoms with Gasteiger partial charge in [0.2, 0.25) is 0 Å². The summed E-state index contributed by atoms with van der Waals surface area (Å²) in [5.74, 6) is -5.28. The lowest BCUT2D eigenvalue weighted by atomic mass is 9.75. The fourth-order valence-corrected chi connectivity index (χ4v) is 5.14. The zero-order valence-electron chi connectivity index (χ0n) is 17.6. The number of aromatic hydroxyl groups is 1. The fourth-order valence-electron chi connectivity index (χ4n) is 5.14. The topological polar surface area (TPSA) is 202 Å². The van der Waals surface area contributed by atoms with Crippen LogP contribution in [-0.2, 0) is 33.3 Å². The van der Waals surface area contributed by atoms with E-state index < -0.39 is 85.4 Å². The van der Waals surface area contributed by atoms with E-state index in [0.29, 0.717) is 5.56 Å². The van der Waals surface area contributed by atoms with Gasteiger partial charge in [0, 0.05) is 0 Å². The lowest BCUT2D eigenvalue weighted by molar-refractivity contribution is -0.389. The molecule has 0 bridgehead atoms. The van der Waals surface area contributed by atoms with Crippen molar-refractivity contribution in [3.8, 4) is 5.75 Å². The number of hydrogen-bond donors (Lipinski definition) is 6. The summed E-state index contributed by atoms with van der Waals surface area (Å²) in [7, 11) is 0. The van der Waals surface area contributed by atoms with Crippen LogP contribution in [0.25, 0.3) is 0 Å². The van der Waals surface area contributed by atoms with Crippen LogP contribution in [0.5, 0.6) is 5.75 Å². The predicted molar refractivity (Wildman–Crippen MR) is 104 cm³/mol. The van der Waals surface area contributed by atoms with E-state index in [2.05, 4.69) is 0 Å². The maximum absolute atomic E-state index is 13.3. The number of rotatable bonds is 4. The third kappa shape index (κ3) is 3.09. The molecule has 1 aromatic carbocycles. The molecule has 5 rings (SSSR count). The van der Waals surface area contributed by atoms with Gasteiger partial charge in [-0.1, -0.05) is 12.1 Å². The molecule has 13 heteroatoms. The molecule has 0 aromatic heterocycles. The summed E-state index contributed by atoms with van der Waals surface area (Å²) >= 11 is 0. The SMILES string of the molecule is O=C1C[C@H](c2ccc(O)cc2)[C@@]2(O1)C(=O)OC1C(O)COC12O[C@H]1O[C@H](CO)[C@H](O)[C@@H](O)[C@@H]1O. The molecule has 4 heterocycles. The lowest BCUT2D eigenvalue weighted by Gasteiger charge is -2.45. The highest BCUT2D eigenvalue weighted by Crippen LogP contribution is 2.58. The predicted octanol–water partition coefficient (Wildman–Crippen LogP) is -3.01. The normalized spacial score (nSPS) is 45.9. The van der Waals surface area contributed by atoms with Crippen LogP contribution in [0, 0.1) is 0 Å². The highest BCUT2D eigenvalue weighted by Gasteiger charge is 2.82. The molecule has 4 aliphatic rings. The number of carbonyl (C=O) groups is 2. The third-order valence-electron chi connectivity index (χ3n) is 6.82. The minimum atomic E-state index is -2.31. The molecule has 0 saturated carbocycles. The van der Waals surface area contributed by atoms with Gasteiger partial charge in [0.05, 0.1) is 25.6 Å². The Bertz CT molecular complexity index is 966. The fraction of sp³-hybridized carbons (Fsp3) is 0.619. The Morgan fingerprint density at radius 3 is 2.41 bits per heavy atom. The van der Waals surface area contributed by atoms with Crippen molar-refractivity contribution in [2.45, 2.75) is 66.6 Å². The van der Waals surface area contributed by atoms with Crippen LogP contribution in [-0.4, -0.2) is 110 Å². The van der Waals surface area contributed by atoms with Gasteiger partial charge in [0.1, 0.15) is 36.3 Å². The molecule has 4 aliphatic heterocycles. The summed E-state index contributed by atoms with van der Waals surface area (Å²) in [6, 6.07) is 5.63. The molecule has 0 radical (unpaired) electrons. The van der Waals surface area contributed by atoms with Crippen LogP contribution in [0.2, 0.25) is 0 Å². The van der Waals surface area contributed by atoms with E-state index in [-0.39, 0.29) is 12.2 Å². The highest BCUT2D eigenvalue weighted by molar-refractivity contribution is 5.92. The third-order valence-corrected chi connectivity index (χ3v) is 6.82. The van der Waals surface area contributed by atoms with E-state index >= 15 is 0 Å². The molecule has 0 aliphatic carbocycles. The number of aliphatic hydroxyl groups excluding tert-OH is 5. The molecule has 0 amide bonds. The molecule has 34 heavy (non-hydrogen) atoms. The van der Waals surface area contributed by atoms with Gasteiger partial charge in [-0.25, -0.2) is 4.79 Å². The number of hydrogen-bond acceptors (Lipinski definition) is 13. The largest absolute Gasteiger partial charge is 0.508 e. The van der Waals surface area contributed by atoms with Crippen molar-refractivity contribution in [2.24, 2.45) is 0 Å². The summed E-state index contributed by atoms with van der Waals surface area (Å²) in [5.41, 5.74) is -1.88. The molecule has 1 spiro atoms. The van der Waals surface area contributed by atoms with Gasteiger partial charge >= 0.3 is 11.9 Å². The molecular weight excluding hydrogens is 460 g/mol. The molecular formula is C21H24O13. The maximum atomic E-state index is 13.3. The monoisotopic (exact) mass is 484 g/mol. The van der Waals surface area contributed by atoms with Crippen LogP contribution in [0.15, 0.2) is 24.3 Å². The van der Waals surface area contributed by atoms with Gasteiger partial charge in [0.25, 0.3) is 11.4 Å². The van der Waals surface area contributed by atoms with Gasteiger partial charge in [-0.2, -0.15) is 0 Å². The van der Waals surface area contributed by atoms with E-state index in [1.165, 1.54) is 24.3 Å². The average molecular weight is 484 g/mol. The first-order valence-electron chi connectivity index (χ1n) is 10.7. The van der Waals surface area contributed by atoms with E-state index in [1.807, 2.05) is 0 Å². The summed E-state index contributed by atoms with van der Waals surface area (Å²) in [6.07, 6.45) is -11.7. The smallest absolute Gasteiger partial charge is 0.357 e. The van der Waals surface area contributed by atoms with Crippen LogP contribution in [0.3, 0.4) is 0 Å². The number of phenols is 1. The van der Waals surface area contributed by atoms with Crippen LogP contribution < -0.4 is 0 Å². The second-order valence-electron chi connectivity index (χ2n) is 8.74. The van der Waals surface area contributed by atoms with Crippen molar-refractivity contribution >= 4 is 11.9 Å². The van der Waals surface area contributed by atoms with Crippen molar-refractivity contribution in [3.05, 3.63) is 29.8 Å². The second-order valence-corrected chi connectivity index (χ2v) is 8.74. The first-order chi connectivity index (χ1) is 16.1. The van der Waals surface area contributed by atoms with Crippen molar-refractivity contribution in [3.63, 3.8) is 0 Å². The summed E-state index contributed by atoms with van der Waals surface area (Å²) in [4.78, 5) is 25.8. The van der Waals surface area contributed by atoms with Crippen LogP contribution in [0.4, 0.5) is 0 Å².